The molecule has 0 aromatic heterocycles. The monoisotopic (exact) mass is 363 g/mol. The molecule has 0 amide bonds. The molecule has 0 saturated carbocycles. The van der Waals surface area contributed by atoms with Crippen LogP contribution in [0.4, 0.5) is 0 Å². The van der Waals surface area contributed by atoms with E-state index in [4.69, 9.17) is 4.55 Å². The fourth-order valence-electron chi connectivity index (χ4n) is 3.27. The second-order valence-electron chi connectivity index (χ2n) is 7.28. The van der Waals surface area contributed by atoms with E-state index in [2.05, 4.69) is 18.7 Å². The number of hydrogen-bond donors (Lipinski definition) is 1. The molecule has 1 atom stereocenters. The molecule has 146 valence electrons. The second-order valence-corrected chi connectivity index (χ2v) is 8.74. The molecule has 0 bridgehead atoms. The molecule has 1 heterocycles. The van der Waals surface area contributed by atoms with E-state index >= 15 is 0 Å². The predicted octanol–water partition coefficient (Wildman–Crippen LogP) is 5.14. The molecular weight excluding hydrogens is 322 g/mol. The van der Waals surface area contributed by atoms with Crippen LogP contribution in [0.3, 0.4) is 0 Å². The summed E-state index contributed by atoms with van der Waals surface area (Å²) in [6.45, 7) is 8.76. The van der Waals surface area contributed by atoms with Gasteiger partial charge in [-0.2, -0.15) is 8.42 Å². The molecule has 1 aliphatic heterocycles. The van der Waals surface area contributed by atoms with E-state index < -0.39 is 10.1 Å². The Kier molecular flexibility index (Phi) is 15.1. The van der Waals surface area contributed by atoms with E-state index in [0.717, 1.165) is 5.92 Å². The van der Waals surface area contributed by atoms with Crippen LogP contribution in [0.5, 0.6) is 0 Å². The van der Waals surface area contributed by atoms with Crippen molar-refractivity contribution in [2.45, 2.75) is 90.9 Å². The quantitative estimate of drug-likeness (QED) is 0.385. The van der Waals surface area contributed by atoms with Gasteiger partial charge in [0.2, 0.25) is 0 Å². The maximum absolute atomic E-state index is 9.19. The van der Waals surface area contributed by atoms with Gasteiger partial charge in [0, 0.05) is 6.54 Å². The van der Waals surface area contributed by atoms with Gasteiger partial charge in [-0.1, -0.05) is 78.1 Å². The SMILES string of the molecule is CCCCCCCCCCCCN1CCC(CC)C1.CS(=O)(=O)O. The summed E-state index contributed by atoms with van der Waals surface area (Å²) in [7, 11) is -3.67. The second kappa shape index (κ2) is 15.2. The molecule has 0 spiro atoms. The average molecular weight is 364 g/mol. The van der Waals surface area contributed by atoms with E-state index in [1.807, 2.05) is 0 Å². The van der Waals surface area contributed by atoms with Crippen LogP contribution in [-0.2, 0) is 10.1 Å². The van der Waals surface area contributed by atoms with E-state index in [-0.39, 0.29) is 0 Å². The Bertz CT molecular complexity index is 363. The van der Waals surface area contributed by atoms with Crippen molar-refractivity contribution in [2.75, 3.05) is 25.9 Å². The van der Waals surface area contributed by atoms with Crippen LogP contribution in [0.15, 0.2) is 0 Å². The summed E-state index contributed by atoms with van der Waals surface area (Å²) < 4.78 is 25.9. The highest BCUT2D eigenvalue weighted by molar-refractivity contribution is 7.85. The van der Waals surface area contributed by atoms with Crippen molar-refractivity contribution in [3.8, 4) is 0 Å². The van der Waals surface area contributed by atoms with Gasteiger partial charge in [0.15, 0.2) is 0 Å². The van der Waals surface area contributed by atoms with Crippen LogP contribution < -0.4 is 0 Å². The Morgan fingerprint density at radius 3 is 1.79 bits per heavy atom. The van der Waals surface area contributed by atoms with Gasteiger partial charge in [0.1, 0.15) is 0 Å². The Morgan fingerprint density at radius 2 is 1.38 bits per heavy atom. The summed E-state index contributed by atoms with van der Waals surface area (Å²) in [4.78, 5) is 2.69. The first-order valence-corrected chi connectivity index (χ1v) is 11.9. The van der Waals surface area contributed by atoms with E-state index in [1.165, 1.54) is 96.7 Å². The highest BCUT2D eigenvalue weighted by Gasteiger charge is 2.19. The molecule has 0 aliphatic carbocycles. The first-order valence-electron chi connectivity index (χ1n) is 10.0. The number of hydrogen-bond acceptors (Lipinski definition) is 3. The van der Waals surface area contributed by atoms with E-state index in [1.54, 1.807) is 0 Å². The van der Waals surface area contributed by atoms with Gasteiger partial charge < -0.3 is 4.90 Å². The molecular formula is C19H41NO3S. The van der Waals surface area contributed by atoms with Gasteiger partial charge in [-0.25, -0.2) is 0 Å². The minimum atomic E-state index is -3.67. The maximum Gasteiger partial charge on any atom is 0.261 e. The lowest BCUT2D eigenvalue weighted by molar-refractivity contribution is 0.313. The fourth-order valence-corrected chi connectivity index (χ4v) is 3.27. The first kappa shape index (κ1) is 23.9. The molecule has 0 aromatic rings. The molecule has 24 heavy (non-hydrogen) atoms. The molecule has 1 unspecified atom stereocenters. The fraction of sp³-hybridized carbons (Fsp3) is 1.00. The lowest BCUT2D eigenvalue weighted by Gasteiger charge is -2.15. The Labute approximate surface area is 151 Å². The lowest BCUT2D eigenvalue weighted by atomic mass is 10.1. The number of likely N-dealkylation sites (tertiary alicyclic amines) is 1. The van der Waals surface area contributed by atoms with Crippen molar-refractivity contribution in [3.05, 3.63) is 0 Å². The van der Waals surface area contributed by atoms with Crippen molar-refractivity contribution < 1.29 is 13.0 Å². The number of nitrogens with zero attached hydrogens (tertiary/aromatic N) is 1. The Hall–Kier alpha value is -0.130. The van der Waals surface area contributed by atoms with Crippen LogP contribution in [0.25, 0.3) is 0 Å². The largest absolute Gasteiger partial charge is 0.303 e. The van der Waals surface area contributed by atoms with E-state index in [0.29, 0.717) is 6.26 Å². The van der Waals surface area contributed by atoms with E-state index in [9.17, 15) is 8.42 Å². The van der Waals surface area contributed by atoms with Gasteiger partial charge in [0.05, 0.1) is 6.26 Å². The zero-order valence-corrected chi connectivity index (χ0v) is 17.1. The van der Waals surface area contributed by atoms with Crippen molar-refractivity contribution in [3.63, 3.8) is 0 Å². The van der Waals surface area contributed by atoms with Gasteiger partial charge >= 0.3 is 0 Å². The molecule has 1 fully saturated rings. The summed E-state index contributed by atoms with van der Waals surface area (Å²) in [6, 6.07) is 0. The summed E-state index contributed by atoms with van der Waals surface area (Å²) in [5.74, 6) is 1.00. The van der Waals surface area contributed by atoms with Crippen molar-refractivity contribution in [2.24, 2.45) is 5.92 Å². The lowest BCUT2D eigenvalue weighted by Crippen LogP contribution is -2.21. The summed E-state index contributed by atoms with van der Waals surface area (Å²) in [6.07, 6.45) is 18.1. The first-order chi connectivity index (χ1) is 11.4. The molecule has 0 radical (unpaired) electrons. The summed E-state index contributed by atoms with van der Waals surface area (Å²) in [5.41, 5.74) is 0. The smallest absolute Gasteiger partial charge is 0.261 e. The molecule has 1 N–H and O–H groups in total. The van der Waals surface area contributed by atoms with Gasteiger partial charge in [0.25, 0.3) is 10.1 Å². The highest BCUT2D eigenvalue weighted by atomic mass is 32.2. The number of rotatable bonds is 12. The van der Waals surface area contributed by atoms with Crippen LogP contribution >= 0.6 is 0 Å². The van der Waals surface area contributed by atoms with Crippen molar-refractivity contribution >= 4 is 10.1 Å². The minimum absolute atomic E-state index is 0.715. The van der Waals surface area contributed by atoms with Crippen LogP contribution in [-0.4, -0.2) is 43.8 Å². The molecule has 5 heteroatoms. The van der Waals surface area contributed by atoms with Crippen LogP contribution in [0.1, 0.15) is 90.9 Å². The molecule has 4 nitrogen and oxygen atoms in total. The van der Waals surface area contributed by atoms with Crippen LogP contribution in [0.2, 0.25) is 0 Å². The van der Waals surface area contributed by atoms with Crippen molar-refractivity contribution in [1.29, 1.82) is 0 Å². The molecule has 0 aromatic carbocycles. The van der Waals surface area contributed by atoms with Gasteiger partial charge in [-0.15, -0.1) is 0 Å². The van der Waals surface area contributed by atoms with Crippen LogP contribution in [0, 0.1) is 5.92 Å². The summed E-state index contributed by atoms with van der Waals surface area (Å²) >= 11 is 0. The Morgan fingerprint density at radius 1 is 0.917 bits per heavy atom. The zero-order chi connectivity index (χ0) is 18.3. The average Bonchev–Trinajstić information content (AvgIpc) is 2.95. The van der Waals surface area contributed by atoms with Gasteiger partial charge in [-0.3, -0.25) is 4.55 Å². The highest BCUT2D eigenvalue weighted by Crippen LogP contribution is 2.19. The summed E-state index contributed by atoms with van der Waals surface area (Å²) in [5, 5.41) is 0. The Balaban J connectivity index is 0.000000922. The minimum Gasteiger partial charge on any atom is -0.303 e. The predicted molar refractivity (Wildman–Crippen MR) is 104 cm³/mol. The third-order valence-corrected chi connectivity index (χ3v) is 4.78. The molecule has 1 aliphatic rings. The van der Waals surface area contributed by atoms with Gasteiger partial charge in [-0.05, 0) is 31.8 Å². The standard InChI is InChI=1S/C18H37N.CH4O3S/c1-3-5-6-7-8-9-10-11-12-13-15-19-16-14-18(4-2)17-19;1-5(2,3)4/h18H,3-17H2,1-2H3;1H3,(H,2,3,4). The normalized spacial score (nSPS) is 18.4. The zero-order valence-electron chi connectivity index (χ0n) is 16.3. The third-order valence-electron chi connectivity index (χ3n) is 4.78. The molecule has 1 saturated heterocycles. The third kappa shape index (κ3) is 18.2. The topological polar surface area (TPSA) is 57.6 Å². The number of unbranched alkanes of at least 4 members (excludes halogenated alkanes) is 9. The molecule has 1 rings (SSSR count). The maximum atomic E-state index is 9.19. The van der Waals surface area contributed by atoms with Crippen molar-refractivity contribution in [1.82, 2.24) is 4.90 Å².